The zero-order valence-electron chi connectivity index (χ0n) is 16.8. The van der Waals surface area contributed by atoms with Gasteiger partial charge in [-0.15, -0.1) is 23.1 Å². The van der Waals surface area contributed by atoms with Crippen LogP contribution in [-0.4, -0.2) is 38.1 Å². The molecule has 3 heterocycles. The molecular weight excluding hydrogens is 416 g/mol. The Morgan fingerprint density at radius 2 is 2.13 bits per heavy atom. The number of nitrogens with two attached hydrogens (primary N) is 1. The molecule has 0 saturated heterocycles. The number of nitrogens with one attached hydrogen (secondary N) is 1. The van der Waals surface area contributed by atoms with Crippen LogP contribution in [0.2, 0.25) is 0 Å². The normalized spacial score (nSPS) is 13.2. The van der Waals surface area contributed by atoms with Crippen molar-refractivity contribution in [2.75, 3.05) is 23.3 Å². The number of thioether (sulfide) groups is 1. The number of amides is 1. The van der Waals surface area contributed by atoms with Crippen molar-refractivity contribution >= 4 is 46.6 Å². The number of benzene rings is 1. The Morgan fingerprint density at radius 1 is 1.27 bits per heavy atom. The molecule has 3 N–H and O–H groups in total. The van der Waals surface area contributed by atoms with E-state index in [2.05, 4.69) is 44.7 Å². The van der Waals surface area contributed by atoms with E-state index in [1.54, 1.807) is 11.3 Å². The Kier molecular flexibility index (Phi) is 6.49. The smallest absolute Gasteiger partial charge is 0.232 e. The molecule has 0 bridgehead atoms. The number of anilines is 3. The number of carbonyl (C=O) groups is 1. The van der Waals surface area contributed by atoms with Crippen molar-refractivity contribution in [3.05, 3.63) is 57.5 Å². The number of nitrogens with zero attached hydrogens (tertiary/aromatic N) is 4. The van der Waals surface area contributed by atoms with Crippen LogP contribution in [0.25, 0.3) is 0 Å². The number of para-hydroxylation sites is 1. The highest BCUT2D eigenvalue weighted by Crippen LogP contribution is 2.25. The third-order valence-electron chi connectivity index (χ3n) is 4.96. The molecule has 30 heavy (non-hydrogen) atoms. The van der Waals surface area contributed by atoms with Gasteiger partial charge in [0.2, 0.25) is 17.8 Å². The van der Waals surface area contributed by atoms with Gasteiger partial charge < -0.3 is 16.0 Å². The average Bonchev–Trinajstić information content (AvgIpc) is 3.21. The van der Waals surface area contributed by atoms with E-state index in [0.717, 1.165) is 25.1 Å². The topological polar surface area (TPSA) is 97.0 Å². The first kappa shape index (κ1) is 20.6. The Morgan fingerprint density at radius 3 is 3.00 bits per heavy atom. The van der Waals surface area contributed by atoms with Crippen LogP contribution in [0.1, 0.15) is 28.8 Å². The number of thiophene rings is 1. The Balaban J connectivity index is 1.34. The highest BCUT2D eigenvalue weighted by molar-refractivity contribution is 7.99. The molecule has 0 aliphatic carbocycles. The van der Waals surface area contributed by atoms with Gasteiger partial charge in [-0.25, -0.2) is 0 Å². The lowest BCUT2D eigenvalue weighted by Gasteiger charge is -2.26. The van der Waals surface area contributed by atoms with Gasteiger partial charge in [0.05, 0.1) is 11.5 Å². The first-order valence-corrected chi connectivity index (χ1v) is 11.9. The van der Waals surface area contributed by atoms with Gasteiger partial charge in [-0.3, -0.25) is 4.79 Å². The second-order valence-electron chi connectivity index (χ2n) is 7.00. The monoisotopic (exact) mass is 440 g/mol. The molecule has 0 saturated carbocycles. The molecule has 2 aromatic heterocycles. The third-order valence-corrected chi connectivity index (χ3v) is 6.90. The lowest BCUT2D eigenvalue weighted by Crippen LogP contribution is -2.36. The molecule has 0 fully saturated rings. The summed E-state index contributed by atoms with van der Waals surface area (Å²) in [7, 11) is 0. The first-order chi connectivity index (χ1) is 14.6. The van der Waals surface area contributed by atoms with E-state index in [-0.39, 0.29) is 11.9 Å². The van der Waals surface area contributed by atoms with E-state index in [9.17, 15) is 4.79 Å². The maximum Gasteiger partial charge on any atom is 0.232 e. The van der Waals surface area contributed by atoms with Crippen LogP contribution in [0.5, 0.6) is 0 Å². The van der Waals surface area contributed by atoms with Crippen LogP contribution in [0.3, 0.4) is 0 Å². The second-order valence-corrected chi connectivity index (χ2v) is 8.98. The summed E-state index contributed by atoms with van der Waals surface area (Å²) >= 11 is 3.27. The summed E-state index contributed by atoms with van der Waals surface area (Å²) in [4.78, 5) is 28.8. The number of carbonyl (C=O) groups excluding carboxylic acids is 1. The van der Waals surface area contributed by atoms with E-state index >= 15 is 0 Å². The maximum absolute atomic E-state index is 12.6. The average molecular weight is 441 g/mol. The second kappa shape index (κ2) is 9.44. The van der Waals surface area contributed by atoms with Crippen LogP contribution in [0, 0.1) is 0 Å². The predicted octanol–water partition coefficient (Wildman–Crippen LogP) is 3.64. The SMILES string of the molecule is CCc1ccccc1Nc1nc(N)nc(CSCC(=O)N2CCc3sccc3C2)n1. The number of aryl methyl sites for hydroxylation is 1. The van der Waals surface area contributed by atoms with Gasteiger partial charge in [-0.1, -0.05) is 25.1 Å². The van der Waals surface area contributed by atoms with Crippen molar-refractivity contribution < 1.29 is 4.79 Å². The van der Waals surface area contributed by atoms with Gasteiger partial charge in [-0.2, -0.15) is 15.0 Å². The van der Waals surface area contributed by atoms with E-state index in [1.807, 2.05) is 23.1 Å². The summed E-state index contributed by atoms with van der Waals surface area (Å²) < 4.78 is 0. The Labute approximate surface area is 184 Å². The van der Waals surface area contributed by atoms with Crippen LogP contribution in [-0.2, 0) is 29.9 Å². The number of aromatic nitrogens is 3. The summed E-state index contributed by atoms with van der Waals surface area (Å²) in [6.07, 6.45) is 1.85. The maximum atomic E-state index is 12.6. The Hall–Kier alpha value is -2.65. The Bertz CT molecular complexity index is 1040. The molecule has 7 nitrogen and oxygen atoms in total. The van der Waals surface area contributed by atoms with Gasteiger partial charge in [-0.05, 0) is 41.5 Å². The first-order valence-electron chi connectivity index (χ1n) is 9.88. The molecule has 1 amide bonds. The molecule has 1 aromatic carbocycles. The summed E-state index contributed by atoms with van der Waals surface area (Å²) in [5.41, 5.74) is 9.29. The van der Waals surface area contributed by atoms with Gasteiger partial charge in [0.25, 0.3) is 0 Å². The summed E-state index contributed by atoms with van der Waals surface area (Å²) in [6, 6.07) is 10.1. The lowest BCUT2D eigenvalue weighted by molar-refractivity contribution is -0.129. The molecule has 0 radical (unpaired) electrons. The molecule has 1 aliphatic heterocycles. The number of fused-ring (bicyclic) bond motifs is 1. The summed E-state index contributed by atoms with van der Waals surface area (Å²) in [6.45, 7) is 3.60. The van der Waals surface area contributed by atoms with Crippen LogP contribution < -0.4 is 11.1 Å². The van der Waals surface area contributed by atoms with Gasteiger partial charge in [0.15, 0.2) is 0 Å². The fourth-order valence-corrected chi connectivity index (χ4v) is 5.07. The quantitative estimate of drug-likeness (QED) is 0.579. The van der Waals surface area contributed by atoms with E-state index in [4.69, 9.17) is 5.73 Å². The summed E-state index contributed by atoms with van der Waals surface area (Å²) in [5.74, 6) is 2.20. The van der Waals surface area contributed by atoms with Crippen molar-refractivity contribution in [2.45, 2.75) is 32.1 Å². The zero-order valence-corrected chi connectivity index (χ0v) is 18.4. The zero-order chi connectivity index (χ0) is 20.9. The molecule has 156 valence electrons. The van der Waals surface area contributed by atoms with E-state index < -0.39 is 0 Å². The third kappa shape index (κ3) is 4.91. The molecule has 9 heteroatoms. The van der Waals surface area contributed by atoms with Crippen molar-refractivity contribution in [3.8, 4) is 0 Å². The fourth-order valence-electron chi connectivity index (χ4n) is 3.41. The van der Waals surface area contributed by atoms with Crippen LogP contribution in [0.15, 0.2) is 35.7 Å². The highest BCUT2D eigenvalue weighted by atomic mass is 32.2. The highest BCUT2D eigenvalue weighted by Gasteiger charge is 2.21. The fraction of sp³-hybridized carbons (Fsp3) is 0.333. The molecule has 0 atom stereocenters. The number of hydrogen-bond donors (Lipinski definition) is 2. The minimum absolute atomic E-state index is 0.147. The number of hydrogen-bond acceptors (Lipinski definition) is 8. The molecule has 0 spiro atoms. The summed E-state index contributed by atoms with van der Waals surface area (Å²) in [5, 5.41) is 5.34. The van der Waals surface area contributed by atoms with Gasteiger partial charge in [0, 0.05) is 23.7 Å². The van der Waals surface area contributed by atoms with Crippen molar-refractivity contribution in [1.29, 1.82) is 0 Å². The van der Waals surface area contributed by atoms with Crippen molar-refractivity contribution in [3.63, 3.8) is 0 Å². The van der Waals surface area contributed by atoms with Crippen LogP contribution >= 0.6 is 23.1 Å². The van der Waals surface area contributed by atoms with E-state index in [0.29, 0.717) is 29.8 Å². The molecule has 3 aromatic rings. The minimum Gasteiger partial charge on any atom is -0.368 e. The minimum atomic E-state index is 0.147. The van der Waals surface area contributed by atoms with Crippen LogP contribution in [0.4, 0.5) is 17.6 Å². The predicted molar refractivity (Wildman–Crippen MR) is 123 cm³/mol. The van der Waals surface area contributed by atoms with E-state index in [1.165, 1.54) is 27.8 Å². The molecule has 1 aliphatic rings. The van der Waals surface area contributed by atoms with Gasteiger partial charge >= 0.3 is 0 Å². The standard InChI is InChI=1S/C21H24N6OS2/c1-2-14-5-3-4-6-16(14)23-21-25-18(24-20(22)26-21)12-29-13-19(28)27-9-7-17-15(11-27)8-10-30-17/h3-6,8,10H,2,7,9,11-13H2,1H3,(H3,22,23,24,25,26). The number of rotatable bonds is 7. The van der Waals surface area contributed by atoms with Gasteiger partial charge in [0.1, 0.15) is 5.82 Å². The molecule has 0 unspecified atom stereocenters. The van der Waals surface area contributed by atoms with Crippen molar-refractivity contribution in [2.24, 2.45) is 0 Å². The largest absolute Gasteiger partial charge is 0.368 e. The number of nitrogen functional groups attached to an aromatic ring is 1. The van der Waals surface area contributed by atoms with Crippen molar-refractivity contribution in [1.82, 2.24) is 19.9 Å². The molecule has 4 rings (SSSR count). The molecular formula is C21H24N6OS2. The lowest BCUT2D eigenvalue weighted by atomic mass is 10.1.